The van der Waals surface area contributed by atoms with E-state index in [0.717, 1.165) is 11.1 Å². The SMILES string of the molecule is N#CCC(=O)NCCc1cc(Cl)ccc1OCc1ccccc1Cl. The van der Waals surface area contributed by atoms with Crippen molar-refractivity contribution >= 4 is 29.1 Å². The van der Waals surface area contributed by atoms with Gasteiger partial charge >= 0.3 is 0 Å². The second-order valence-electron chi connectivity index (χ2n) is 5.07. The molecule has 0 heterocycles. The van der Waals surface area contributed by atoms with E-state index >= 15 is 0 Å². The number of halogens is 2. The zero-order valence-electron chi connectivity index (χ0n) is 12.9. The van der Waals surface area contributed by atoms with E-state index in [4.69, 9.17) is 33.2 Å². The van der Waals surface area contributed by atoms with Crippen molar-refractivity contribution in [1.29, 1.82) is 5.26 Å². The predicted molar refractivity (Wildman–Crippen MR) is 94.2 cm³/mol. The minimum atomic E-state index is -0.293. The molecule has 0 spiro atoms. The fourth-order valence-electron chi connectivity index (χ4n) is 2.13. The second-order valence-corrected chi connectivity index (χ2v) is 5.91. The molecule has 0 aromatic heterocycles. The van der Waals surface area contributed by atoms with Crippen LogP contribution < -0.4 is 10.1 Å². The Labute approximate surface area is 151 Å². The summed E-state index contributed by atoms with van der Waals surface area (Å²) in [5.74, 6) is 0.395. The quantitative estimate of drug-likeness (QED) is 0.804. The molecule has 0 atom stereocenters. The van der Waals surface area contributed by atoms with Crippen LogP contribution in [0.1, 0.15) is 17.5 Å². The summed E-state index contributed by atoms with van der Waals surface area (Å²) < 4.78 is 5.86. The van der Waals surface area contributed by atoms with Gasteiger partial charge in [0, 0.05) is 22.2 Å². The van der Waals surface area contributed by atoms with Crippen molar-refractivity contribution in [2.24, 2.45) is 0 Å². The Balaban J connectivity index is 2.01. The molecule has 0 aliphatic heterocycles. The number of carbonyl (C=O) groups is 1. The molecule has 1 amide bonds. The fraction of sp³-hybridized carbons (Fsp3) is 0.222. The molecule has 1 N–H and O–H groups in total. The lowest BCUT2D eigenvalue weighted by Crippen LogP contribution is -2.25. The average molecular weight is 363 g/mol. The van der Waals surface area contributed by atoms with E-state index in [1.54, 1.807) is 18.2 Å². The molecule has 0 saturated heterocycles. The van der Waals surface area contributed by atoms with Crippen LogP contribution in [0.25, 0.3) is 0 Å². The summed E-state index contributed by atoms with van der Waals surface area (Å²) in [5.41, 5.74) is 1.77. The molecule has 0 bridgehead atoms. The van der Waals surface area contributed by atoms with Crippen molar-refractivity contribution in [3.63, 3.8) is 0 Å². The Morgan fingerprint density at radius 3 is 2.71 bits per heavy atom. The van der Waals surface area contributed by atoms with E-state index < -0.39 is 0 Å². The van der Waals surface area contributed by atoms with Crippen LogP contribution in [-0.4, -0.2) is 12.5 Å². The largest absolute Gasteiger partial charge is 0.489 e. The third-order valence-electron chi connectivity index (χ3n) is 3.32. The molecule has 4 nitrogen and oxygen atoms in total. The van der Waals surface area contributed by atoms with Gasteiger partial charge in [0.05, 0.1) is 6.07 Å². The van der Waals surface area contributed by atoms with Gasteiger partial charge in [-0.05, 0) is 36.2 Å². The monoisotopic (exact) mass is 362 g/mol. The number of benzene rings is 2. The Kier molecular flexibility index (Phi) is 6.92. The van der Waals surface area contributed by atoms with Gasteiger partial charge in [0.15, 0.2) is 0 Å². The second kappa shape index (κ2) is 9.17. The maximum Gasteiger partial charge on any atom is 0.234 e. The number of nitrogens with zero attached hydrogens (tertiary/aromatic N) is 1. The summed E-state index contributed by atoms with van der Waals surface area (Å²) in [4.78, 5) is 11.3. The Morgan fingerprint density at radius 1 is 1.17 bits per heavy atom. The van der Waals surface area contributed by atoms with Crippen LogP contribution in [-0.2, 0) is 17.8 Å². The molecule has 2 aromatic carbocycles. The molecule has 0 unspecified atom stereocenters. The number of rotatable bonds is 7. The van der Waals surface area contributed by atoms with Gasteiger partial charge in [0.2, 0.25) is 5.91 Å². The van der Waals surface area contributed by atoms with Gasteiger partial charge in [-0.2, -0.15) is 5.26 Å². The van der Waals surface area contributed by atoms with Crippen molar-refractivity contribution in [2.75, 3.05) is 6.54 Å². The predicted octanol–water partition coefficient (Wildman–Crippen LogP) is 4.14. The molecule has 24 heavy (non-hydrogen) atoms. The number of carbonyl (C=O) groups excluding carboxylic acids is 1. The Hall–Kier alpha value is -2.22. The van der Waals surface area contributed by atoms with Crippen LogP contribution >= 0.6 is 23.2 Å². The van der Waals surface area contributed by atoms with Gasteiger partial charge in [-0.1, -0.05) is 41.4 Å². The van der Waals surface area contributed by atoms with E-state index in [2.05, 4.69) is 5.32 Å². The van der Waals surface area contributed by atoms with Gasteiger partial charge in [-0.3, -0.25) is 4.79 Å². The van der Waals surface area contributed by atoms with Gasteiger partial charge < -0.3 is 10.1 Å². The van der Waals surface area contributed by atoms with Crippen molar-refractivity contribution in [3.05, 3.63) is 63.6 Å². The third kappa shape index (κ3) is 5.45. The highest BCUT2D eigenvalue weighted by Crippen LogP contribution is 2.25. The molecule has 0 radical (unpaired) electrons. The lowest BCUT2D eigenvalue weighted by molar-refractivity contribution is -0.120. The number of ether oxygens (including phenoxy) is 1. The summed E-state index contributed by atoms with van der Waals surface area (Å²) in [5, 5.41) is 12.4. The van der Waals surface area contributed by atoms with Gasteiger partial charge in [-0.15, -0.1) is 0 Å². The third-order valence-corrected chi connectivity index (χ3v) is 3.92. The van der Waals surface area contributed by atoms with Gasteiger partial charge in [0.1, 0.15) is 18.8 Å². The zero-order chi connectivity index (χ0) is 17.4. The van der Waals surface area contributed by atoms with E-state index in [1.807, 2.05) is 30.3 Å². The molecular formula is C18H16Cl2N2O2. The van der Waals surface area contributed by atoms with Crippen molar-refractivity contribution in [2.45, 2.75) is 19.4 Å². The highest BCUT2D eigenvalue weighted by molar-refractivity contribution is 6.31. The number of amides is 1. The average Bonchev–Trinajstić information content (AvgIpc) is 2.56. The van der Waals surface area contributed by atoms with Crippen molar-refractivity contribution in [1.82, 2.24) is 5.32 Å². The van der Waals surface area contributed by atoms with Crippen molar-refractivity contribution < 1.29 is 9.53 Å². The minimum absolute atomic E-state index is 0.147. The molecule has 2 rings (SSSR count). The lowest BCUT2D eigenvalue weighted by atomic mass is 10.1. The maximum atomic E-state index is 11.3. The smallest absolute Gasteiger partial charge is 0.234 e. The lowest BCUT2D eigenvalue weighted by Gasteiger charge is -2.13. The van der Waals surface area contributed by atoms with Crippen LogP contribution in [0.15, 0.2) is 42.5 Å². The summed E-state index contributed by atoms with van der Waals surface area (Å²) in [6, 6.07) is 14.6. The van der Waals surface area contributed by atoms with Crippen LogP contribution in [0.5, 0.6) is 5.75 Å². The molecule has 0 aliphatic carbocycles. The molecule has 0 saturated carbocycles. The fourth-order valence-corrected chi connectivity index (χ4v) is 2.51. The topological polar surface area (TPSA) is 62.1 Å². The Bertz CT molecular complexity index is 757. The minimum Gasteiger partial charge on any atom is -0.489 e. The highest BCUT2D eigenvalue weighted by atomic mass is 35.5. The number of hydrogen-bond acceptors (Lipinski definition) is 3. The Morgan fingerprint density at radius 2 is 1.96 bits per heavy atom. The maximum absolute atomic E-state index is 11.3. The molecule has 0 aliphatic rings. The number of nitriles is 1. The molecule has 124 valence electrons. The highest BCUT2D eigenvalue weighted by Gasteiger charge is 2.08. The van der Waals surface area contributed by atoms with Crippen LogP contribution in [0.3, 0.4) is 0 Å². The van der Waals surface area contributed by atoms with Crippen LogP contribution in [0, 0.1) is 11.3 Å². The van der Waals surface area contributed by atoms with E-state index in [-0.39, 0.29) is 12.3 Å². The summed E-state index contributed by atoms with van der Waals surface area (Å²) in [7, 11) is 0. The zero-order valence-corrected chi connectivity index (χ0v) is 14.4. The summed E-state index contributed by atoms with van der Waals surface area (Å²) in [6.07, 6.45) is 0.404. The molecule has 2 aromatic rings. The first kappa shape index (κ1) is 18.1. The number of hydrogen-bond donors (Lipinski definition) is 1. The van der Waals surface area contributed by atoms with E-state index in [1.165, 1.54) is 0 Å². The standard InChI is InChI=1S/C18H16Cl2N2O2/c19-15-5-6-17(24-12-14-3-1-2-4-16(14)20)13(11-15)8-10-22-18(23)7-9-21/h1-6,11H,7-8,10,12H2,(H,22,23). The van der Waals surface area contributed by atoms with Gasteiger partial charge in [0.25, 0.3) is 0 Å². The number of nitrogens with one attached hydrogen (secondary N) is 1. The summed E-state index contributed by atoms with van der Waals surface area (Å²) >= 11 is 12.2. The van der Waals surface area contributed by atoms with E-state index in [0.29, 0.717) is 35.4 Å². The van der Waals surface area contributed by atoms with Crippen LogP contribution in [0.4, 0.5) is 0 Å². The van der Waals surface area contributed by atoms with Crippen LogP contribution in [0.2, 0.25) is 10.0 Å². The van der Waals surface area contributed by atoms with Crippen molar-refractivity contribution in [3.8, 4) is 11.8 Å². The molecular weight excluding hydrogens is 347 g/mol. The molecule has 6 heteroatoms. The first-order valence-corrected chi connectivity index (χ1v) is 8.14. The summed E-state index contributed by atoms with van der Waals surface area (Å²) in [6.45, 7) is 0.748. The van der Waals surface area contributed by atoms with Gasteiger partial charge in [-0.25, -0.2) is 0 Å². The normalized spacial score (nSPS) is 10.0. The first-order valence-electron chi connectivity index (χ1n) is 7.38. The van der Waals surface area contributed by atoms with E-state index in [9.17, 15) is 4.79 Å². The first-order chi connectivity index (χ1) is 11.6. The molecule has 0 fully saturated rings.